The van der Waals surface area contributed by atoms with Crippen LogP contribution in [0.3, 0.4) is 0 Å². The largest absolute Gasteiger partial charge is 0.483 e. The third kappa shape index (κ3) is 10.0. The van der Waals surface area contributed by atoms with Gasteiger partial charge in [-0.05, 0) is 63.8 Å². The van der Waals surface area contributed by atoms with Crippen LogP contribution < -0.4 is 0 Å². The monoisotopic (exact) mass is 476 g/mol. The number of carbonyl (C=O) groups is 2. The number of hydrogen-bond acceptors (Lipinski definition) is 6. The highest BCUT2D eigenvalue weighted by atomic mass is 16.3. The maximum atomic E-state index is 9.55. The van der Waals surface area contributed by atoms with Gasteiger partial charge >= 0.3 is 0 Å². The molecule has 1 saturated heterocycles. The molecular weight excluding hydrogens is 436 g/mol. The lowest BCUT2D eigenvalue weighted by Gasteiger charge is -2.34. The van der Waals surface area contributed by atoms with E-state index in [1.54, 1.807) is 0 Å². The molecule has 0 radical (unpaired) electrons. The zero-order chi connectivity index (χ0) is 25.5. The molecule has 34 heavy (non-hydrogen) atoms. The molecule has 1 atom stereocenters. The molecule has 4 N–H and O–H groups in total. The van der Waals surface area contributed by atoms with Gasteiger partial charge in [0.1, 0.15) is 5.82 Å². The summed E-state index contributed by atoms with van der Waals surface area (Å²) < 4.78 is 0. The Labute approximate surface area is 202 Å². The molecular formula is C25H40N4O5. The number of likely N-dealkylation sites (tertiary alicyclic amines) is 1. The molecule has 0 aliphatic carbocycles. The van der Waals surface area contributed by atoms with Crippen molar-refractivity contribution in [2.45, 2.75) is 72.6 Å². The topological polar surface area (TPSA) is 130 Å². The molecule has 1 aromatic carbocycles. The third-order valence-corrected chi connectivity index (χ3v) is 6.04. The van der Waals surface area contributed by atoms with Crippen LogP contribution in [0.15, 0.2) is 18.3 Å². The summed E-state index contributed by atoms with van der Waals surface area (Å²) in [5, 5.41) is 23.3. The summed E-state index contributed by atoms with van der Waals surface area (Å²) in [6.07, 6.45) is 5.88. The molecule has 3 rings (SSSR count). The van der Waals surface area contributed by atoms with Crippen molar-refractivity contribution in [2.24, 2.45) is 0 Å². The van der Waals surface area contributed by atoms with Gasteiger partial charge in [-0.1, -0.05) is 24.1 Å². The second-order valence-corrected chi connectivity index (χ2v) is 8.66. The van der Waals surface area contributed by atoms with E-state index in [1.807, 2.05) is 13.1 Å². The molecule has 0 saturated carbocycles. The molecule has 190 valence electrons. The Morgan fingerprint density at radius 1 is 1.12 bits per heavy atom. The Kier molecular flexibility index (Phi) is 13.8. The summed E-state index contributed by atoms with van der Waals surface area (Å²) in [5.41, 5.74) is 6.63. The summed E-state index contributed by atoms with van der Waals surface area (Å²) in [5.74, 6) is 0.934. The van der Waals surface area contributed by atoms with E-state index in [2.05, 4.69) is 52.7 Å². The van der Waals surface area contributed by atoms with E-state index >= 15 is 0 Å². The number of rotatable bonds is 8. The number of aryl methyl sites for hydroxylation is 2. The normalized spacial score (nSPS) is 15.6. The molecule has 0 spiro atoms. The zero-order valence-corrected chi connectivity index (χ0v) is 20.8. The van der Waals surface area contributed by atoms with Gasteiger partial charge in [-0.3, -0.25) is 19.4 Å². The van der Waals surface area contributed by atoms with Crippen LogP contribution in [-0.2, 0) is 29.2 Å². The predicted octanol–water partition coefficient (Wildman–Crippen LogP) is 3.11. The highest BCUT2D eigenvalue weighted by Crippen LogP contribution is 2.24. The van der Waals surface area contributed by atoms with Crippen LogP contribution in [0.2, 0.25) is 0 Å². The molecule has 9 nitrogen and oxygen atoms in total. The summed E-state index contributed by atoms with van der Waals surface area (Å²) in [7, 11) is 0. The predicted molar refractivity (Wildman–Crippen MR) is 132 cm³/mol. The second kappa shape index (κ2) is 16.0. The number of aromatic amines is 1. The number of imidazole rings is 1. The Morgan fingerprint density at radius 2 is 1.76 bits per heavy atom. The number of aromatic nitrogens is 2. The first-order valence-electron chi connectivity index (χ1n) is 11.6. The van der Waals surface area contributed by atoms with Gasteiger partial charge in [-0.2, -0.15) is 0 Å². The van der Waals surface area contributed by atoms with Crippen molar-refractivity contribution >= 4 is 12.9 Å². The lowest BCUT2D eigenvalue weighted by Crippen LogP contribution is -2.37. The number of benzene rings is 1. The van der Waals surface area contributed by atoms with Gasteiger partial charge < -0.3 is 20.3 Å². The molecule has 9 heteroatoms. The number of H-pyrrole nitrogens is 1. The van der Waals surface area contributed by atoms with Crippen LogP contribution in [0.1, 0.15) is 60.0 Å². The van der Waals surface area contributed by atoms with E-state index in [-0.39, 0.29) is 19.6 Å². The van der Waals surface area contributed by atoms with Crippen LogP contribution >= 0.6 is 0 Å². The van der Waals surface area contributed by atoms with Gasteiger partial charge in [-0.15, -0.1) is 0 Å². The second-order valence-electron chi connectivity index (χ2n) is 8.66. The summed E-state index contributed by atoms with van der Waals surface area (Å²) >= 11 is 0. The van der Waals surface area contributed by atoms with Crippen molar-refractivity contribution in [3.05, 3.63) is 52.1 Å². The number of piperidine rings is 1. The van der Waals surface area contributed by atoms with E-state index in [0.29, 0.717) is 12.6 Å². The third-order valence-electron chi connectivity index (χ3n) is 6.04. The summed E-state index contributed by atoms with van der Waals surface area (Å²) in [4.78, 5) is 29.3. The number of aliphatic hydroxyl groups is 1. The minimum atomic E-state index is -0.250. The number of aliphatic hydroxyl groups excluding tert-OH is 1. The van der Waals surface area contributed by atoms with Crippen molar-refractivity contribution in [3.63, 3.8) is 0 Å². The van der Waals surface area contributed by atoms with Crippen LogP contribution in [0.4, 0.5) is 0 Å². The van der Waals surface area contributed by atoms with Gasteiger partial charge in [0.25, 0.3) is 12.9 Å². The molecule has 2 heterocycles. The quantitative estimate of drug-likeness (QED) is 0.428. The highest BCUT2D eigenvalue weighted by Gasteiger charge is 2.20. The average Bonchev–Trinajstić information content (AvgIpc) is 3.19. The molecule has 1 fully saturated rings. The number of nitrogens with one attached hydrogen (secondary N) is 1. The lowest BCUT2D eigenvalue weighted by atomic mass is 9.96. The smallest absolute Gasteiger partial charge is 0.290 e. The first kappa shape index (κ1) is 29.3. The Hall–Kier alpha value is -2.75. The Bertz CT molecular complexity index is 865. The van der Waals surface area contributed by atoms with Crippen molar-refractivity contribution < 1.29 is 24.9 Å². The summed E-state index contributed by atoms with van der Waals surface area (Å²) in [6.45, 7) is 13.0. The van der Waals surface area contributed by atoms with Gasteiger partial charge in [0.05, 0.1) is 6.61 Å². The maximum absolute atomic E-state index is 9.55. The van der Waals surface area contributed by atoms with Crippen molar-refractivity contribution in [3.8, 4) is 0 Å². The first-order chi connectivity index (χ1) is 16.3. The lowest BCUT2D eigenvalue weighted by molar-refractivity contribution is -0.123. The fourth-order valence-corrected chi connectivity index (χ4v) is 4.34. The van der Waals surface area contributed by atoms with Gasteiger partial charge in [0, 0.05) is 44.1 Å². The Morgan fingerprint density at radius 3 is 2.32 bits per heavy atom. The zero-order valence-electron chi connectivity index (χ0n) is 20.8. The standard InChI is InChI=1S/C23H36N4O.2CH2O2/c1-17-11-21(14-26(9-10-28)16-23-13-24-20(4)25-23)19(3)22(12-17)15-27-8-6-5-7-18(27)2;2*2-1-3/h11-13,18,28H,5-10,14-16H2,1-4H3,(H,24,25);2*1H,(H,2,3). The fraction of sp³-hybridized carbons (Fsp3) is 0.560. The molecule has 1 aliphatic heterocycles. The number of hydrogen-bond donors (Lipinski definition) is 4. The van der Waals surface area contributed by atoms with Crippen molar-refractivity contribution in [1.29, 1.82) is 0 Å². The molecule has 0 bridgehead atoms. The molecule has 0 amide bonds. The van der Waals surface area contributed by atoms with Crippen LogP contribution in [-0.4, -0.2) is 73.8 Å². The van der Waals surface area contributed by atoms with E-state index in [1.165, 1.54) is 48.1 Å². The molecule has 1 unspecified atom stereocenters. The van der Waals surface area contributed by atoms with Crippen molar-refractivity contribution in [1.82, 2.24) is 19.8 Å². The van der Waals surface area contributed by atoms with E-state index in [4.69, 9.17) is 19.8 Å². The average molecular weight is 477 g/mol. The highest BCUT2D eigenvalue weighted by molar-refractivity contribution is 5.38. The van der Waals surface area contributed by atoms with E-state index < -0.39 is 0 Å². The van der Waals surface area contributed by atoms with Crippen LogP contribution in [0.5, 0.6) is 0 Å². The minimum Gasteiger partial charge on any atom is -0.483 e. The van der Waals surface area contributed by atoms with E-state index in [0.717, 1.165) is 31.2 Å². The maximum Gasteiger partial charge on any atom is 0.290 e. The number of carboxylic acid groups (broad SMARTS) is 2. The van der Waals surface area contributed by atoms with Crippen LogP contribution in [0.25, 0.3) is 0 Å². The van der Waals surface area contributed by atoms with E-state index in [9.17, 15) is 5.11 Å². The van der Waals surface area contributed by atoms with Gasteiger partial charge in [0.15, 0.2) is 0 Å². The molecule has 1 aliphatic rings. The Balaban J connectivity index is 0.000000872. The SMILES string of the molecule is Cc1cc(CN(CCO)Cc2cnc(C)[nH]2)c(C)c(CN2CCCCC2C)c1.O=CO.O=CO. The van der Waals surface area contributed by atoms with Gasteiger partial charge in [0.2, 0.25) is 0 Å². The van der Waals surface area contributed by atoms with Crippen LogP contribution in [0, 0.1) is 20.8 Å². The fourth-order valence-electron chi connectivity index (χ4n) is 4.34. The minimum absolute atomic E-state index is 0.163. The number of nitrogens with zero attached hydrogens (tertiary/aromatic N) is 3. The molecule has 2 aromatic rings. The molecule has 1 aromatic heterocycles. The first-order valence-corrected chi connectivity index (χ1v) is 11.6. The summed E-state index contributed by atoms with van der Waals surface area (Å²) in [6, 6.07) is 5.34. The van der Waals surface area contributed by atoms with Gasteiger partial charge in [-0.25, -0.2) is 4.98 Å². The van der Waals surface area contributed by atoms with Crippen molar-refractivity contribution in [2.75, 3.05) is 19.7 Å².